The Morgan fingerprint density at radius 2 is 2.05 bits per heavy atom. The Bertz CT molecular complexity index is 1190. The van der Waals surface area contributed by atoms with Gasteiger partial charge in [0.2, 0.25) is 5.91 Å². The lowest BCUT2D eigenvalue weighted by molar-refractivity contribution is -0.127. The third-order valence-electron chi connectivity index (χ3n) is 6.47. The van der Waals surface area contributed by atoms with Crippen LogP contribution in [0.5, 0.6) is 0 Å². The number of carbonyl (C=O) groups excluding carboxylic acids is 2. The zero-order valence-electron chi connectivity index (χ0n) is 21.7. The van der Waals surface area contributed by atoms with Crippen LogP contribution in [0.1, 0.15) is 46.1 Å². The van der Waals surface area contributed by atoms with Gasteiger partial charge >= 0.3 is 6.09 Å². The van der Waals surface area contributed by atoms with Gasteiger partial charge in [0.15, 0.2) is 0 Å². The number of pyridine rings is 1. The molecule has 0 spiro atoms. The number of nitriles is 1. The lowest BCUT2D eigenvalue weighted by atomic mass is 10.0. The number of morpholine rings is 1. The quantitative estimate of drug-likeness (QED) is 0.669. The standard InChI is InChI=1S/C27H34FN5O4/c1-17-14-33(23-8-7-18(13-29)25-20(23)6-5-10-30-25)15-19(36-17)12-24(34)31-22-16-32(11-9-21(22)28)26(35)37-27(2,3)4/h5-8,10,17,19,21-22H,9,11-12,14-16H2,1-4H3,(H,31,34). The van der Waals surface area contributed by atoms with Gasteiger partial charge in [-0.2, -0.15) is 5.26 Å². The minimum absolute atomic E-state index is 0.0557. The topological polar surface area (TPSA) is 108 Å². The normalized spacial score (nSPS) is 24.4. The molecule has 4 rings (SSSR count). The number of halogens is 1. The predicted molar refractivity (Wildman–Crippen MR) is 137 cm³/mol. The van der Waals surface area contributed by atoms with E-state index in [1.807, 2.05) is 25.1 Å². The number of aromatic nitrogens is 1. The van der Waals surface area contributed by atoms with Crippen LogP contribution in [0, 0.1) is 11.3 Å². The van der Waals surface area contributed by atoms with E-state index >= 15 is 0 Å². The molecular weight excluding hydrogens is 477 g/mol. The molecule has 1 N–H and O–H groups in total. The molecule has 9 nitrogen and oxygen atoms in total. The Kier molecular flexibility index (Phi) is 7.83. The largest absolute Gasteiger partial charge is 0.444 e. The van der Waals surface area contributed by atoms with Crippen LogP contribution < -0.4 is 10.2 Å². The van der Waals surface area contributed by atoms with Crippen LogP contribution in [0.15, 0.2) is 30.5 Å². The molecule has 2 amide bonds. The van der Waals surface area contributed by atoms with E-state index in [0.717, 1.165) is 11.1 Å². The van der Waals surface area contributed by atoms with Crippen LogP contribution in [-0.2, 0) is 14.3 Å². The Hall–Kier alpha value is -3.45. The van der Waals surface area contributed by atoms with Crippen molar-refractivity contribution >= 4 is 28.6 Å². The molecule has 0 radical (unpaired) electrons. The van der Waals surface area contributed by atoms with Crippen molar-refractivity contribution in [2.75, 3.05) is 31.1 Å². The first-order valence-corrected chi connectivity index (χ1v) is 12.6. The van der Waals surface area contributed by atoms with Crippen LogP contribution in [-0.4, -0.2) is 78.1 Å². The summed E-state index contributed by atoms with van der Waals surface area (Å²) in [6.45, 7) is 8.65. The van der Waals surface area contributed by atoms with E-state index in [1.54, 1.807) is 33.0 Å². The van der Waals surface area contributed by atoms with Gasteiger partial charge < -0.3 is 24.6 Å². The number of nitrogens with zero attached hydrogens (tertiary/aromatic N) is 4. The third-order valence-corrected chi connectivity index (χ3v) is 6.47. The van der Waals surface area contributed by atoms with E-state index < -0.39 is 30.0 Å². The van der Waals surface area contributed by atoms with Gasteiger partial charge in [-0.05, 0) is 58.4 Å². The van der Waals surface area contributed by atoms with Gasteiger partial charge in [-0.3, -0.25) is 9.78 Å². The van der Waals surface area contributed by atoms with Crippen molar-refractivity contribution in [1.82, 2.24) is 15.2 Å². The minimum Gasteiger partial charge on any atom is -0.444 e. The summed E-state index contributed by atoms with van der Waals surface area (Å²) in [5.74, 6) is -0.330. The maximum atomic E-state index is 14.7. The second-order valence-corrected chi connectivity index (χ2v) is 10.7. The molecule has 2 saturated heterocycles. The molecular formula is C27H34FN5O4. The summed E-state index contributed by atoms with van der Waals surface area (Å²) >= 11 is 0. The lowest BCUT2D eigenvalue weighted by Crippen LogP contribution is -2.56. The molecule has 198 valence electrons. The fourth-order valence-electron chi connectivity index (χ4n) is 4.90. The van der Waals surface area contributed by atoms with Gasteiger partial charge in [0.05, 0.1) is 35.8 Å². The number of benzene rings is 1. The van der Waals surface area contributed by atoms with E-state index in [0.29, 0.717) is 24.2 Å². The van der Waals surface area contributed by atoms with Crippen LogP contribution >= 0.6 is 0 Å². The highest BCUT2D eigenvalue weighted by Gasteiger charge is 2.35. The molecule has 2 aliphatic rings. The van der Waals surface area contributed by atoms with Crippen molar-refractivity contribution in [2.45, 2.75) is 70.6 Å². The highest BCUT2D eigenvalue weighted by Crippen LogP contribution is 2.30. The first-order chi connectivity index (χ1) is 17.5. The minimum atomic E-state index is -1.25. The Morgan fingerprint density at radius 3 is 2.78 bits per heavy atom. The maximum Gasteiger partial charge on any atom is 0.410 e. The highest BCUT2D eigenvalue weighted by molar-refractivity contribution is 5.95. The van der Waals surface area contributed by atoms with Gasteiger partial charge in [0, 0.05) is 43.4 Å². The van der Waals surface area contributed by atoms with Gasteiger partial charge in [-0.25, -0.2) is 9.18 Å². The molecule has 2 aliphatic heterocycles. The van der Waals surface area contributed by atoms with E-state index in [4.69, 9.17) is 9.47 Å². The number of fused-ring (bicyclic) bond motifs is 1. The molecule has 0 saturated carbocycles. The predicted octanol–water partition coefficient (Wildman–Crippen LogP) is 3.55. The number of likely N-dealkylation sites (tertiary alicyclic amines) is 1. The van der Waals surface area contributed by atoms with Crippen molar-refractivity contribution in [3.05, 3.63) is 36.0 Å². The zero-order chi connectivity index (χ0) is 26.7. The summed E-state index contributed by atoms with van der Waals surface area (Å²) in [4.78, 5) is 33.3. The molecule has 3 heterocycles. The maximum absolute atomic E-state index is 14.7. The third kappa shape index (κ3) is 6.46. The first kappa shape index (κ1) is 26.6. The van der Waals surface area contributed by atoms with Crippen molar-refractivity contribution in [3.63, 3.8) is 0 Å². The average molecular weight is 512 g/mol. The monoisotopic (exact) mass is 511 g/mol. The number of amides is 2. The average Bonchev–Trinajstić information content (AvgIpc) is 2.83. The fraction of sp³-hybridized carbons (Fsp3) is 0.556. The van der Waals surface area contributed by atoms with Crippen LogP contribution in [0.4, 0.5) is 14.9 Å². The number of anilines is 1. The van der Waals surface area contributed by atoms with Crippen LogP contribution in [0.2, 0.25) is 0 Å². The number of rotatable bonds is 4. The molecule has 4 atom stereocenters. The molecule has 1 aromatic heterocycles. The summed E-state index contributed by atoms with van der Waals surface area (Å²) < 4.78 is 26.1. The lowest BCUT2D eigenvalue weighted by Gasteiger charge is -2.39. The van der Waals surface area contributed by atoms with Crippen molar-refractivity contribution < 1.29 is 23.5 Å². The Balaban J connectivity index is 1.41. The van der Waals surface area contributed by atoms with Gasteiger partial charge in [-0.15, -0.1) is 0 Å². The number of piperidine rings is 1. The van der Waals surface area contributed by atoms with Crippen LogP contribution in [0.25, 0.3) is 10.9 Å². The molecule has 4 unspecified atom stereocenters. The van der Waals surface area contributed by atoms with Crippen LogP contribution in [0.3, 0.4) is 0 Å². The summed E-state index contributed by atoms with van der Waals surface area (Å²) in [6.07, 6.45) is -0.451. The number of nitrogens with one attached hydrogen (secondary N) is 1. The second kappa shape index (κ2) is 10.9. The second-order valence-electron chi connectivity index (χ2n) is 10.7. The summed E-state index contributed by atoms with van der Waals surface area (Å²) in [6, 6.07) is 8.80. The molecule has 0 bridgehead atoms. The smallest absolute Gasteiger partial charge is 0.410 e. The van der Waals surface area contributed by atoms with E-state index in [2.05, 4.69) is 21.3 Å². The first-order valence-electron chi connectivity index (χ1n) is 12.6. The van der Waals surface area contributed by atoms with Crippen molar-refractivity contribution in [2.24, 2.45) is 0 Å². The van der Waals surface area contributed by atoms with Gasteiger partial charge in [0.25, 0.3) is 0 Å². The SMILES string of the molecule is CC1CN(c2ccc(C#N)c3ncccc23)CC(CC(=O)NC2CN(C(=O)OC(C)(C)C)CCC2F)O1. The van der Waals surface area contributed by atoms with E-state index in [9.17, 15) is 19.2 Å². The Labute approximate surface area is 216 Å². The molecule has 2 aromatic rings. The molecule has 0 aliphatic carbocycles. The number of carbonyl (C=O) groups is 2. The van der Waals surface area contributed by atoms with Gasteiger partial charge in [-0.1, -0.05) is 0 Å². The van der Waals surface area contributed by atoms with Crippen molar-refractivity contribution in [3.8, 4) is 6.07 Å². The van der Waals surface area contributed by atoms with Gasteiger partial charge in [0.1, 0.15) is 17.8 Å². The van der Waals surface area contributed by atoms with Crippen molar-refractivity contribution in [1.29, 1.82) is 5.26 Å². The Morgan fingerprint density at radius 1 is 1.27 bits per heavy atom. The molecule has 37 heavy (non-hydrogen) atoms. The molecule has 1 aromatic carbocycles. The summed E-state index contributed by atoms with van der Waals surface area (Å²) in [7, 11) is 0. The summed E-state index contributed by atoms with van der Waals surface area (Å²) in [5.41, 5.74) is 1.41. The summed E-state index contributed by atoms with van der Waals surface area (Å²) in [5, 5.41) is 13.1. The zero-order valence-corrected chi connectivity index (χ0v) is 21.7. The van der Waals surface area contributed by atoms with E-state index in [-0.39, 0.29) is 37.9 Å². The molecule has 2 fully saturated rings. The number of alkyl halides is 1. The number of hydrogen-bond donors (Lipinski definition) is 1. The number of ether oxygens (including phenoxy) is 2. The fourth-order valence-corrected chi connectivity index (χ4v) is 4.90. The highest BCUT2D eigenvalue weighted by atomic mass is 19.1. The molecule has 10 heteroatoms. The van der Waals surface area contributed by atoms with E-state index in [1.165, 1.54) is 4.90 Å². The number of hydrogen-bond acceptors (Lipinski definition) is 7.